The summed E-state index contributed by atoms with van der Waals surface area (Å²) in [4.78, 5) is 0. The highest BCUT2D eigenvalue weighted by Crippen LogP contribution is 2.28. The predicted molar refractivity (Wildman–Crippen MR) is 91.0 cm³/mol. The van der Waals surface area contributed by atoms with E-state index in [1.807, 2.05) is 11.8 Å². The lowest BCUT2D eigenvalue weighted by molar-refractivity contribution is 0.411. The smallest absolute Gasteiger partial charge is 0.122 e. The number of nitrogens with one attached hydrogen (secondary N) is 1. The number of rotatable bonds is 8. The Morgan fingerprint density at radius 3 is 2.40 bits per heavy atom. The molecule has 0 saturated heterocycles. The molecule has 0 heterocycles. The van der Waals surface area contributed by atoms with Crippen molar-refractivity contribution in [2.24, 2.45) is 5.92 Å². The lowest BCUT2D eigenvalue weighted by Gasteiger charge is -2.22. The van der Waals surface area contributed by atoms with E-state index in [-0.39, 0.29) is 0 Å². The zero-order valence-electron chi connectivity index (χ0n) is 13.7. The molecule has 1 atom stereocenters. The van der Waals surface area contributed by atoms with Crippen molar-refractivity contribution in [1.29, 1.82) is 0 Å². The van der Waals surface area contributed by atoms with Crippen molar-refractivity contribution in [3.8, 4) is 5.75 Å². The van der Waals surface area contributed by atoms with Gasteiger partial charge < -0.3 is 10.1 Å². The van der Waals surface area contributed by atoms with Crippen molar-refractivity contribution in [2.75, 3.05) is 25.2 Å². The number of benzene rings is 1. The van der Waals surface area contributed by atoms with Crippen LogP contribution in [0, 0.1) is 19.8 Å². The maximum Gasteiger partial charge on any atom is 0.122 e. The van der Waals surface area contributed by atoms with E-state index in [2.05, 4.69) is 52.1 Å². The Morgan fingerprint density at radius 2 is 1.85 bits per heavy atom. The van der Waals surface area contributed by atoms with Crippen molar-refractivity contribution < 1.29 is 4.74 Å². The van der Waals surface area contributed by atoms with Crippen LogP contribution < -0.4 is 10.1 Å². The second kappa shape index (κ2) is 8.58. The van der Waals surface area contributed by atoms with Crippen molar-refractivity contribution in [3.05, 3.63) is 28.8 Å². The fourth-order valence-corrected chi connectivity index (χ4v) is 3.47. The van der Waals surface area contributed by atoms with Gasteiger partial charge in [-0.3, -0.25) is 0 Å². The molecule has 20 heavy (non-hydrogen) atoms. The maximum atomic E-state index is 5.41. The first-order valence-electron chi connectivity index (χ1n) is 7.45. The number of thioether (sulfide) groups is 1. The highest BCUT2D eigenvalue weighted by Gasteiger charge is 2.15. The molecule has 114 valence electrons. The third-order valence-corrected chi connectivity index (χ3v) is 4.82. The van der Waals surface area contributed by atoms with Crippen molar-refractivity contribution in [3.63, 3.8) is 0 Å². The van der Waals surface area contributed by atoms with E-state index in [9.17, 15) is 0 Å². The molecule has 0 aliphatic heterocycles. The minimum absolute atomic E-state index is 0.424. The van der Waals surface area contributed by atoms with Gasteiger partial charge in [-0.15, -0.1) is 0 Å². The standard InChI is InChI=1S/C17H29NOS/c1-7-18-16(11-20-10-12(2)3)15-8-14(5)17(19-6)9-13(15)4/h8-9,12,16,18H,7,10-11H2,1-6H3. The Hall–Kier alpha value is -0.670. The molecule has 3 heteroatoms. The first kappa shape index (κ1) is 17.4. The molecular formula is C17H29NOS. The Bertz CT molecular complexity index is 418. The Morgan fingerprint density at radius 1 is 1.15 bits per heavy atom. The van der Waals surface area contributed by atoms with Gasteiger partial charge in [0.05, 0.1) is 7.11 Å². The average Bonchev–Trinajstić information content (AvgIpc) is 2.39. The number of hydrogen-bond acceptors (Lipinski definition) is 3. The molecule has 0 aliphatic rings. The van der Waals surface area contributed by atoms with Gasteiger partial charge in [-0.05, 0) is 54.8 Å². The summed E-state index contributed by atoms with van der Waals surface area (Å²) < 4.78 is 5.41. The largest absolute Gasteiger partial charge is 0.496 e. The molecule has 0 radical (unpaired) electrons. The van der Waals surface area contributed by atoms with E-state index < -0.39 is 0 Å². The third kappa shape index (κ3) is 5.02. The second-order valence-corrected chi connectivity index (χ2v) is 6.79. The Kier molecular flexibility index (Phi) is 7.46. The van der Waals surface area contributed by atoms with Gasteiger partial charge in [0, 0.05) is 11.8 Å². The van der Waals surface area contributed by atoms with Gasteiger partial charge in [-0.2, -0.15) is 11.8 Å². The molecule has 1 unspecified atom stereocenters. The molecular weight excluding hydrogens is 266 g/mol. The maximum absolute atomic E-state index is 5.41. The lowest BCUT2D eigenvalue weighted by Crippen LogP contribution is -2.24. The van der Waals surface area contributed by atoms with E-state index in [0.717, 1.165) is 24.0 Å². The molecule has 0 aromatic heterocycles. The summed E-state index contributed by atoms with van der Waals surface area (Å²) in [5, 5.41) is 3.62. The molecule has 0 fully saturated rings. The molecule has 0 bridgehead atoms. The van der Waals surface area contributed by atoms with Gasteiger partial charge in [0.2, 0.25) is 0 Å². The third-order valence-electron chi connectivity index (χ3n) is 3.35. The zero-order chi connectivity index (χ0) is 15.1. The SMILES string of the molecule is CCNC(CSCC(C)C)c1cc(C)c(OC)cc1C. The summed E-state index contributed by atoms with van der Waals surface area (Å²) in [6.45, 7) is 12.0. The van der Waals surface area contributed by atoms with Crippen LogP contribution in [0.4, 0.5) is 0 Å². The van der Waals surface area contributed by atoms with Crippen LogP contribution in [0.3, 0.4) is 0 Å². The summed E-state index contributed by atoms with van der Waals surface area (Å²) in [5.74, 6) is 4.08. The fourth-order valence-electron chi connectivity index (χ4n) is 2.33. The van der Waals surface area contributed by atoms with Crippen LogP contribution in [0.2, 0.25) is 0 Å². The van der Waals surface area contributed by atoms with Crippen molar-refractivity contribution in [2.45, 2.75) is 40.7 Å². The molecule has 1 rings (SSSR count). The summed E-state index contributed by atoms with van der Waals surface area (Å²) in [6, 6.07) is 4.85. The normalized spacial score (nSPS) is 12.8. The molecule has 1 N–H and O–H groups in total. The van der Waals surface area contributed by atoms with Crippen LogP contribution in [0.5, 0.6) is 5.75 Å². The van der Waals surface area contributed by atoms with Crippen LogP contribution in [0.15, 0.2) is 12.1 Å². The number of hydrogen-bond donors (Lipinski definition) is 1. The van der Waals surface area contributed by atoms with Gasteiger partial charge in [0.1, 0.15) is 5.75 Å². The fraction of sp³-hybridized carbons (Fsp3) is 0.647. The van der Waals surface area contributed by atoms with Crippen molar-refractivity contribution >= 4 is 11.8 Å². The monoisotopic (exact) mass is 295 g/mol. The van der Waals surface area contributed by atoms with Crippen LogP contribution in [-0.4, -0.2) is 25.2 Å². The van der Waals surface area contributed by atoms with E-state index in [1.54, 1.807) is 7.11 Å². The first-order chi connectivity index (χ1) is 9.49. The minimum atomic E-state index is 0.424. The van der Waals surface area contributed by atoms with Gasteiger partial charge in [-0.25, -0.2) is 0 Å². The number of ether oxygens (including phenoxy) is 1. The van der Waals surface area contributed by atoms with Crippen LogP contribution in [0.1, 0.15) is 43.5 Å². The molecule has 0 saturated carbocycles. The van der Waals surface area contributed by atoms with E-state index >= 15 is 0 Å². The van der Waals surface area contributed by atoms with Crippen molar-refractivity contribution in [1.82, 2.24) is 5.32 Å². The molecule has 0 amide bonds. The zero-order valence-corrected chi connectivity index (χ0v) is 14.6. The quantitative estimate of drug-likeness (QED) is 0.770. The topological polar surface area (TPSA) is 21.3 Å². The second-order valence-electron chi connectivity index (χ2n) is 5.72. The summed E-state index contributed by atoms with van der Waals surface area (Å²) in [6.07, 6.45) is 0. The molecule has 2 nitrogen and oxygen atoms in total. The summed E-state index contributed by atoms with van der Waals surface area (Å²) in [5.41, 5.74) is 3.93. The van der Waals surface area contributed by atoms with Gasteiger partial charge in [0.15, 0.2) is 0 Å². The minimum Gasteiger partial charge on any atom is -0.496 e. The van der Waals surface area contributed by atoms with Gasteiger partial charge in [0.25, 0.3) is 0 Å². The number of aryl methyl sites for hydroxylation is 2. The van der Waals surface area contributed by atoms with Crippen LogP contribution in [0.25, 0.3) is 0 Å². The predicted octanol–water partition coefficient (Wildman–Crippen LogP) is 4.35. The molecule has 1 aromatic rings. The first-order valence-corrected chi connectivity index (χ1v) is 8.61. The average molecular weight is 295 g/mol. The Labute approximate surface area is 128 Å². The van der Waals surface area contributed by atoms with E-state index in [4.69, 9.17) is 4.74 Å². The van der Waals surface area contributed by atoms with Crippen LogP contribution in [-0.2, 0) is 0 Å². The van der Waals surface area contributed by atoms with E-state index in [0.29, 0.717) is 6.04 Å². The highest BCUT2D eigenvalue weighted by molar-refractivity contribution is 7.99. The van der Waals surface area contributed by atoms with Crippen LogP contribution >= 0.6 is 11.8 Å². The number of methoxy groups -OCH3 is 1. The van der Waals surface area contributed by atoms with E-state index in [1.165, 1.54) is 22.4 Å². The van der Waals surface area contributed by atoms with Gasteiger partial charge >= 0.3 is 0 Å². The summed E-state index contributed by atoms with van der Waals surface area (Å²) >= 11 is 2.04. The Balaban J connectivity index is 2.87. The molecule has 0 spiro atoms. The van der Waals surface area contributed by atoms with Gasteiger partial charge in [-0.1, -0.05) is 26.8 Å². The molecule has 1 aromatic carbocycles. The highest BCUT2D eigenvalue weighted by atomic mass is 32.2. The lowest BCUT2D eigenvalue weighted by atomic mass is 9.99. The molecule has 0 aliphatic carbocycles. The summed E-state index contributed by atoms with van der Waals surface area (Å²) in [7, 11) is 1.74.